The molecule has 0 saturated heterocycles. The van der Waals surface area contributed by atoms with Crippen molar-refractivity contribution in [1.82, 2.24) is 5.16 Å². The average Bonchev–Trinajstić information content (AvgIpc) is 2.82. The number of hydrogen-bond acceptors (Lipinski definition) is 6. The van der Waals surface area contributed by atoms with E-state index in [9.17, 15) is 9.59 Å². The van der Waals surface area contributed by atoms with Gasteiger partial charge in [0.05, 0.1) is 0 Å². The Morgan fingerprint density at radius 3 is 2.60 bits per heavy atom. The molecule has 2 rings (SSSR count). The molecular weight excluding hydrogens is 202 g/mol. The molecule has 4 N–H and O–H groups in total. The molecule has 7 nitrogen and oxygen atoms in total. The molecule has 1 aliphatic rings. The Morgan fingerprint density at radius 2 is 2.20 bits per heavy atom. The molecule has 0 spiro atoms. The number of carbonyl (C=O) groups excluding carboxylic acids is 2. The second-order valence-electron chi connectivity index (χ2n) is 3.37. The van der Waals surface area contributed by atoms with E-state index in [0.29, 0.717) is 12.8 Å². The van der Waals surface area contributed by atoms with Crippen molar-refractivity contribution in [2.45, 2.75) is 18.4 Å². The fourth-order valence-corrected chi connectivity index (χ4v) is 1.14. The van der Waals surface area contributed by atoms with Crippen LogP contribution in [-0.4, -0.2) is 22.6 Å². The Bertz CT molecular complexity index is 421. The molecule has 0 bridgehead atoms. The lowest BCUT2D eigenvalue weighted by atomic mass is 10.3. The van der Waals surface area contributed by atoms with Crippen LogP contribution in [0.1, 0.15) is 23.3 Å². The van der Waals surface area contributed by atoms with Crippen LogP contribution in [0.25, 0.3) is 0 Å². The van der Waals surface area contributed by atoms with Gasteiger partial charge in [0, 0.05) is 12.8 Å². The Labute approximate surface area is 84.3 Å². The number of aromatic nitrogens is 1. The van der Waals surface area contributed by atoms with Gasteiger partial charge in [0.2, 0.25) is 5.69 Å². The van der Waals surface area contributed by atoms with Gasteiger partial charge < -0.3 is 20.7 Å². The summed E-state index contributed by atoms with van der Waals surface area (Å²) in [4.78, 5) is 22.4. The molecule has 1 aliphatic carbocycles. The number of esters is 1. The summed E-state index contributed by atoms with van der Waals surface area (Å²) < 4.78 is 9.39. The predicted octanol–water partition coefficient (Wildman–Crippen LogP) is -0.569. The number of nitrogens with two attached hydrogens (primary N) is 2. The molecule has 0 atom stereocenters. The number of rotatable bonds is 3. The first-order valence-electron chi connectivity index (χ1n) is 4.28. The van der Waals surface area contributed by atoms with E-state index >= 15 is 0 Å². The Balaban J connectivity index is 2.11. The summed E-state index contributed by atoms with van der Waals surface area (Å²) in [7, 11) is 0. The molecule has 0 aliphatic heterocycles. The fraction of sp³-hybridized carbons (Fsp3) is 0.375. The first-order chi connectivity index (χ1) is 7.05. The summed E-state index contributed by atoms with van der Waals surface area (Å²) in [6, 6.07) is 0. The van der Waals surface area contributed by atoms with Crippen molar-refractivity contribution >= 4 is 17.6 Å². The van der Waals surface area contributed by atoms with Crippen molar-refractivity contribution < 1.29 is 18.8 Å². The van der Waals surface area contributed by atoms with Crippen LogP contribution in [0.5, 0.6) is 0 Å². The molecule has 80 valence electrons. The molecule has 1 saturated carbocycles. The first-order valence-corrected chi connectivity index (χ1v) is 4.28. The van der Waals surface area contributed by atoms with E-state index in [4.69, 9.17) is 16.2 Å². The third-order valence-corrected chi connectivity index (χ3v) is 2.23. The zero-order chi connectivity index (χ0) is 11.1. The van der Waals surface area contributed by atoms with Crippen LogP contribution in [0.15, 0.2) is 10.8 Å². The maximum Gasteiger partial charge on any atom is 0.363 e. The van der Waals surface area contributed by atoms with Gasteiger partial charge in [-0.1, -0.05) is 5.16 Å². The molecule has 0 aromatic carbocycles. The molecule has 1 heterocycles. The topological polar surface area (TPSA) is 121 Å². The van der Waals surface area contributed by atoms with E-state index in [-0.39, 0.29) is 11.4 Å². The normalized spacial score (nSPS) is 17.1. The number of hydrogen-bond donors (Lipinski definition) is 2. The third-order valence-electron chi connectivity index (χ3n) is 2.23. The third kappa shape index (κ3) is 1.51. The minimum atomic E-state index is -1.16. The summed E-state index contributed by atoms with van der Waals surface area (Å²) >= 11 is 0. The molecule has 0 unspecified atom stereocenters. The van der Waals surface area contributed by atoms with Gasteiger partial charge in [-0.3, -0.25) is 4.79 Å². The van der Waals surface area contributed by atoms with Gasteiger partial charge in [-0.05, 0) is 0 Å². The maximum atomic E-state index is 11.5. The summed E-state index contributed by atoms with van der Waals surface area (Å²) in [5.74, 6) is -1.45. The monoisotopic (exact) mass is 211 g/mol. The van der Waals surface area contributed by atoms with E-state index in [1.165, 1.54) is 0 Å². The van der Waals surface area contributed by atoms with Crippen molar-refractivity contribution in [1.29, 1.82) is 0 Å². The standard InChI is InChI=1S/C8H9N3O4/c9-4-3-14-11-5(4)6(12)15-8(1-2-8)7(10)13/h3H,1-2,9H2,(H2,10,13). The lowest BCUT2D eigenvalue weighted by molar-refractivity contribution is -0.128. The minimum absolute atomic E-state index is 0.0697. The highest BCUT2D eigenvalue weighted by atomic mass is 16.6. The van der Waals surface area contributed by atoms with E-state index in [2.05, 4.69) is 9.68 Å². The molecule has 7 heteroatoms. The van der Waals surface area contributed by atoms with Crippen LogP contribution in [0, 0.1) is 0 Å². The molecule has 15 heavy (non-hydrogen) atoms. The highest BCUT2D eigenvalue weighted by Gasteiger charge is 2.53. The fourth-order valence-electron chi connectivity index (χ4n) is 1.14. The van der Waals surface area contributed by atoms with Crippen molar-refractivity contribution in [2.75, 3.05) is 5.73 Å². The first kappa shape index (κ1) is 9.50. The Hall–Kier alpha value is -2.05. The van der Waals surface area contributed by atoms with Gasteiger partial charge >= 0.3 is 5.97 Å². The van der Waals surface area contributed by atoms with Crippen molar-refractivity contribution in [3.05, 3.63) is 12.0 Å². The van der Waals surface area contributed by atoms with Gasteiger partial charge in [-0.25, -0.2) is 4.79 Å². The average molecular weight is 211 g/mol. The Kier molecular flexibility index (Phi) is 1.88. The SMILES string of the molecule is NC(=O)C1(OC(=O)c2nocc2N)CC1. The summed E-state index contributed by atoms with van der Waals surface area (Å²) in [5, 5.41) is 3.36. The highest BCUT2D eigenvalue weighted by molar-refractivity contribution is 5.96. The van der Waals surface area contributed by atoms with E-state index in [0.717, 1.165) is 6.26 Å². The van der Waals surface area contributed by atoms with Crippen molar-refractivity contribution in [2.24, 2.45) is 5.73 Å². The van der Waals surface area contributed by atoms with E-state index < -0.39 is 17.5 Å². The summed E-state index contributed by atoms with van der Waals surface area (Å²) in [6.07, 6.45) is 1.98. The van der Waals surface area contributed by atoms with Crippen LogP contribution < -0.4 is 11.5 Å². The van der Waals surface area contributed by atoms with Gasteiger partial charge in [0.25, 0.3) is 5.91 Å². The summed E-state index contributed by atoms with van der Waals surface area (Å²) in [6.45, 7) is 0. The number of primary amides is 1. The van der Waals surface area contributed by atoms with Crippen LogP contribution >= 0.6 is 0 Å². The molecular formula is C8H9N3O4. The zero-order valence-electron chi connectivity index (χ0n) is 7.73. The molecule has 1 fully saturated rings. The number of anilines is 1. The second kappa shape index (κ2) is 2.97. The van der Waals surface area contributed by atoms with Crippen molar-refractivity contribution in [3.8, 4) is 0 Å². The van der Waals surface area contributed by atoms with Crippen LogP contribution in [0.2, 0.25) is 0 Å². The number of nitrogen functional groups attached to an aromatic ring is 1. The Morgan fingerprint density at radius 1 is 1.53 bits per heavy atom. The lowest BCUT2D eigenvalue weighted by Gasteiger charge is -2.10. The molecule has 1 aromatic heterocycles. The van der Waals surface area contributed by atoms with E-state index in [1.54, 1.807) is 0 Å². The summed E-state index contributed by atoms with van der Waals surface area (Å²) in [5.41, 5.74) is 9.23. The number of ether oxygens (including phenoxy) is 1. The lowest BCUT2D eigenvalue weighted by Crippen LogP contribution is -2.35. The second-order valence-corrected chi connectivity index (χ2v) is 3.37. The van der Waals surface area contributed by atoms with Gasteiger partial charge in [0.15, 0.2) is 5.60 Å². The minimum Gasteiger partial charge on any atom is -0.444 e. The van der Waals surface area contributed by atoms with Gasteiger partial charge in [-0.2, -0.15) is 0 Å². The number of carbonyl (C=O) groups is 2. The largest absolute Gasteiger partial charge is 0.444 e. The smallest absolute Gasteiger partial charge is 0.363 e. The van der Waals surface area contributed by atoms with Crippen molar-refractivity contribution in [3.63, 3.8) is 0 Å². The molecule has 1 aromatic rings. The highest BCUT2D eigenvalue weighted by Crippen LogP contribution is 2.39. The van der Waals surface area contributed by atoms with Gasteiger partial charge in [0.1, 0.15) is 12.0 Å². The number of nitrogens with zero attached hydrogens (tertiary/aromatic N) is 1. The van der Waals surface area contributed by atoms with E-state index in [1.807, 2.05) is 0 Å². The maximum absolute atomic E-state index is 11.5. The predicted molar refractivity (Wildman–Crippen MR) is 47.5 cm³/mol. The molecule has 0 radical (unpaired) electrons. The van der Waals surface area contributed by atoms with Crippen LogP contribution in [0.3, 0.4) is 0 Å². The zero-order valence-corrected chi connectivity index (χ0v) is 7.73. The van der Waals surface area contributed by atoms with Crippen LogP contribution in [-0.2, 0) is 9.53 Å². The number of amides is 1. The van der Waals surface area contributed by atoms with Crippen LogP contribution in [0.4, 0.5) is 5.69 Å². The molecule has 1 amide bonds. The van der Waals surface area contributed by atoms with Gasteiger partial charge in [-0.15, -0.1) is 0 Å². The quantitative estimate of drug-likeness (QED) is 0.645.